The van der Waals surface area contributed by atoms with Crippen LogP contribution in [0, 0.1) is 34.5 Å². The van der Waals surface area contributed by atoms with Crippen LogP contribution in [0.5, 0.6) is 0 Å². The Morgan fingerprint density at radius 1 is 0.927 bits per heavy atom. The van der Waals surface area contributed by atoms with Gasteiger partial charge in [-0.25, -0.2) is 0 Å². The minimum Gasteiger partial charge on any atom is -0.469 e. The number of esters is 1. The molecule has 1 amide bonds. The highest BCUT2D eigenvalue weighted by Gasteiger charge is 2.63. The number of ether oxygens (including phenoxy) is 1. The number of likely N-dealkylation sites (tertiary alicyclic amines) is 1. The van der Waals surface area contributed by atoms with Crippen molar-refractivity contribution in [2.45, 2.75) is 77.8 Å². The van der Waals surface area contributed by atoms with Crippen LogP contribution < -0.4 is 10.4 Å². The van der Waals surface area contributed by atoms with Crippen LogP contribution in [0.3, 0.4) is 0 Å². The number of hydrogen-bond donors (Lipinski definition) is 0. The summed E-state index contributed by atoms with van der Waals surface area (Å²) >= 11 is 0. The van der Waals surface area contributed by atoms with Gasteiger partial charge in [0, 0.05) is 25.1 Å². The van der Waals surface area contributed by atoms with Crippen molar-refractivity contribution in [1.29, 1.82) is 0 Å². The van der Waals surface area contributed by atoms with Gasteiger partial charge in [0.05, 0.1) is 17.9 Å². The summed E-state index contributed by atoms with van der Waals surface area (Å²) in [4.78, 5) is 29.3. The number of carbonyl (C=O) groups excluding carboxylic acids is 2. The molecule has 0 spiro atoms. The van der Waals surface area contributed by atoms with Crippen LogP contribution in [-0.2, 0) is 18.8 Å². The molecule has 1 heterocycles. The quantitative estimate of drug-likeness (QED) is 0.328. The monoisotopic (exact) mass is 573 g/mol. The van der Waals surface area contributed by atoms with Crippen molar-refractivity contribution >= 4 is 30.6 Å². The fourth-order valence-corrected chi connectivity index (χ4v) is 14.2. The van der Waals surface area contributed by atoms with E-state index in [1.54, 1.807) is 0 Å². The molecule has 0 radical (unpaired) electrons. The van der Waals surface area contributed by atoms with E-state index in [4.69, 9.17) is 9.16 Å². The minimum absolute atomic E-state index is 0.0278. The Labute approximate surface area is 247 Å². The Kier molecular flexibility index (Phi) is 7.05. The highest BCUT2D eigenvalue weighted by molar-refractivity contribution is 6.99. The summed E-state index contributed by atoms with van der Waals surface area (Å²) in [5.41, 5.74) is -0.827. The molecule has 2 aromatic rings. The first-order valence-corrected chi connectivity index (χ1v) is 17.5. The van der Waals surface area contributed by atoms with Crippen LogP contribution in [-0.4, -0.2) is 51.4 Å². The summed E-state index contributed by atoms with van der Waals surface area (Å²) in [5, 5.41) is 2.44. The Balaban J connectivity index is 1.29. The van der Waals surface area contributed by atoms with Crippen molar-refractivity contribution in [2.75, 3.05) is 20.3 Å². The van der Waals surface area contributed by atoms with Gasteiger partial charge < -0.3 is 14.1 Å². The van der Waals surface area contributed by atoms with Gasteiger partial charge in [-0.05, 0) is 65.3 Å². The van der Waals surface area contributed by atoms with Gasteiger partial charge in [-0.3, -0.25) is 9.59 Å². The third kappa shape index (κ3) is 4.43. The van der Waals surface area contributed by atoms with Gasteiger partial charge in [0.15, 0.2) is 0 Å². The molecular formula is C35H47NO4Si. The molecule has 4 bridgehead atoms. The molecule has 0 N–H and O–H groups in total. The van der Waals surface area contributed by atoms with E-state index in [9.17, 15) is 9.59 Å². The standard InChI is InChI=1S/C35H47NO4Si/c1-33(2,3)41(28-13-9-7-10-14-28,29-15-11-8-12-16-29)40-23-27-22-36(31(37)34(27,4)5)30-25-17-24-18-26(30)21-35(19-24,20-25)32(38)39-6/h7-16,24-27,30H,17-23H2,1-6H3. The summed E-state index contributed by atoms with van der Waals surface area (Å²) in [5.74, 6) is 1.69. The van der Waals surface area contributed by atoms with Gasteiger partial charge >= 0.3 is 5.97 Å². The molecule has 2 aromatic carbocycles. The van der Waals surface area contributed by atoms with Crippen LogP contribution in [0.4, 0.5) is 0 Å². The SMILES string of the molecule is COC(=O)C12CC3CC(C1)C(N1CC(CO[Si](c4ccccc4)(c4ccccc4)C(C)(C)C)C(C)(C)C1=O)C(C3)C2. The summed E-state index contributed by atoms with van der Waals surface area (Å²) in [6.45, 7) is 12.5. The Bertz CT molecular complexity index is 1230. The van der Waals surface area contributed by atoms with Gasteiger partial charge in [-0.2, -0.15) is 0 Å². The second kappa shape index (κ2) is 10.1. The van der Waals surface area contributed by atoms with Crippen molar-refractivity contribution < 1.29 is 18.8 Å². The number of hydrogen-bond acceptors (Lipinski definition) is 4. The van der Waals surface area contributed by atoms with Crippen LogP contribution in [0.15, 0.2) is 60.7 Å². The number of nitrogens with zero attached hydrogens (tertiary/aromatic N) is 1. The maximum Gasteiger partial charge on any atom is 0.311 e. The fourth-order valence-electron chi connectivity index (χ4n) is 9.57. The molecule has 5 fully saturated rings. The molecule has 3 atom stereocenters. The highest BCUT2D eigenvalue weighted by atomic mass is 28.4. The topological polar surface area (TPSA) is 55.8 Å². The second-order valence-electron chi connectivity index (χ2n) is 15.1. The number of benzene rings is 2. The number of amides is 1. The van der Waals surface area contributed by atoms with E-state index < -0.39 is 13.7 Å². The molecular weight excluding hydrogens is 526 g/mol. The van der Waals surface area contributed by atoms with E-state index in [-0.39, 0.29) is 34.3 Å². The minimum atomic E-state index is -2.70. The molecule has 4 aliphatic carbocycles. The van der Waals surface area contributed by atoms with E-state index in [1.165, 1.54) is 17.5 Å². The van der Waals surface area contributed by atoms with E-state index in [0.717, 1.165) is 38.6 Å². The van der Waals surface area contributed by atoms with Gasteiger partial charge in [0.25, 0.3) is 8.32 Å². The Morgan fingerprint density at radius 2 is 1.46 bits per heavy atom. The van der Waals surface area contributed by atoms with Crippen LogP contribution in [0.2, 0.25) is 5.04 Å². The van der Waals surface area contributed by atoms with Crippen LogP contribution in [0.1, 0.15) is 66.7 Å². The van der Waals surface area contributed by atoms with Crippen LogP contribution >= 0.6 is 0 Å². The molecule has 7 rings (SSSR count). The zero-order chi connectivity index (χ0) is 29.2. The molecule has 5 nitrogen and oxygen atoms in total. The Hall–Kier alpha value is -2.44. The molecule has 0 aromatic heterocycles. The van der Waals surface area contributed by atoms with Crippen LogP contribution in [0.25, 0.3) is 0 Å². The largest absolute Gasteiger partial charge is 0.469 e. The van der Waals surface area contributed by atoms with Gasteiger partial charge in [0.1, 0.15) is 0 Å². The van der Waals surface area contributed by atoms with Crippen molar-refractivity contribution in [3.05, 3.63) is 60.7 Å². The first kappa shape index (κ1) is 28.7. The lowest BCUT2D eigenvalue weighted by Crippen LogP contribution is -2.67. The number of rotatable bonds is 7. The van der Waals surface area contributed by atoms with Crippen molar-refractivity contribution in [3.8, 4) is 0 Å². The average molecular weight is 574 g/mol. The summed E-state index contributed by atoms with van der Waals surface area (Å²) in [6, 6.07) is 21.8. The molecule has 220 valence electrons. The molecule has 1 aliphatic heterocycles. The molecule has 6 heteroatoms. The second-order valence-corrected chi connectivity index (χ2v) is 19.4. The smallest absolute Gasteiger partial charge is 0.311 e. The van der Waals surface area contributed by atoms with E-state index in [1.807, 2.05) is 0 Å². The van der Waals surface area contributed by atoms with Gasteiger partial charge in [-0.1, -0.05) is 95.3 Å². The van der Waals surface area contributed by atoms with E-state index in [2.05, 4.69) is 100 Å². The molecule has 1 saturated heterocycles. The summed E-state index contributed by atoms with van der Waals surface area (Å²) < 4.78 is 12.6. The first-order chi connectivity index (χ1) is 19.4. The fraction of sp³-hybridized carbons (Fsp3) is 0.600. The maximum atomic E-state index is 14.2. The van der Waals surface area contributed by atoms with Crippen molar-refractivity contribution in [2.24, 2.45) is 34.5 Å². The summed E-state index contributed by atoms with van der Waals surface area (Å²) in [7, 11) is -1.17. The molecule has 4 saturated carbocycles. The zero-order valence-corrected chi connectivity index (χ0v) is 26.7. The van der Waals surface area contributed by atoms with E-state index >= 15 is 0 Å². The normalized spacial score (nSPS) is 32.4. The molecule has 3 unspecified atom stereocenters. The third-order valence-corrected chi connectivity index (χ3v) is 16.4. The average Bonchev–Trinajstić information content (AvgIpc) is 3.16. The first-order valence-electron chi connectivity index (χ1n) is 15.6. The summed E-state index contributed by atoms with van der Waals surface area (Å²) in [6.07, 6.45) is 4.96. The number of methoxy groups -OCH3 is 1. The van der Waals surface area contributed by atoms with Gasteiger partial charge in [-0.15, -0.1) is 0 Å². The lowest BCUT2D eigenvalue weighted by Gasteiger charge is -2.60. The lowest BCUT2D eigenvalue weighted by atomic mass is 9.47. The van der Waals surface area contributed by atoms with Gasteiger partial charge in [0.2, 0.25) is 5.91 Å². The molecule has 41 heavy (non-hydrogen) atoms. The maximum absolute atomic E-state index is 14.2. The third-order valence-electron chi connectivity index (χ3n) is 11.4. The Morgan fingerprint density at radius 3 is 1.95 bits per heavy atom. The predicted molar refractivity (Wildman–Crippen MR) is 164 cm³/mol. The number of carbonyl (C=O) groups is 2. The van der Waals surface area contributed by atoms with E-state index in [0.29, 0.717) is 24.4 Å². The van der Waals surface area contributed by atoms with Crippen molar-refractivity contribution in [3.63, 3.8) is 0 Å². The molecule has 5 aliphatic rings. The van der Waals surface area contributed by atoms with Crippen molar-refractivity contribution in [1.82, 2.24) is 4.90 Å². The predicted octanol–water partition coefficient (Wildman–Crippen LogP) is 5.42. The lowest BCUT2D eigenvalue weighted by molar-refractivity contribution is -0.177. The highest BCUT2D eigenvalue weighted by Crippen LogP contribution is 2.62. The zero-order valence-electron chi connectivity index (χ0n) is 25.7.